The second-order valence-corrected chi connectivity index (χ2v) is 8.91. The van der Waals surface area contributed by atoms with Crippen LogP contribution in [0.4, 0.5) is 5.82 Å². The number of carbonyl (C=O) groups excluding carboxylic acids is 1. The number of hydrogen-bond donors (Lipinski definition) is 2. The zero-order valence-electron chi connectivity index (χ0n) is 17.3. The summed E-state index contributed by atoms with van der Waals surface area (Å²) in [5.41, 5.74) is 2.21. The molecule has 9 heteroatoms. The number of carbonyl (C=O) groups is 1. The number of aromatic nitrogens is 1. The average Bonchev–Trinajstić information content (AvgIpc) is 3.22. The molecule has 1 atom stereocenters. The standard InChI is InChI=1S/C22H23N2O5PS/c1-15(2)29-20-10-18(9-19(11-20)28-7-5-16-6-8-31-14-16)22(25)24-21-4-3-17(12-23-21)13-30(26)27/h3-4,6,8-12,14-15H,5,7,13H2,1-2H3,(H-,23,24,25,26,27)/p+1. The Kier molecular flexibility index (Phi) is 8.12. The van der Waals surface area contributed by atoms with Gasteiger partial charge in [0.15, 0.2) is 0 Å². The molecule has 0 aliphatic heterocycles. The van der Waals surface area contributed by atoms with Crippen LogP contribution in [0.2, 0.25) is 0 Å². The number of pyridine rings is 1. The minimum atomic E-state index is -2.28. The molecule has 31 heavy (non-hydrogen) atoms. The van der Waals surface area contributed by atoms with Gasteiger partial charge in [-0.15, -0.1) is 0 Å². The molecule has 162 valence electrons. The van der Waals surface area contributed by atoms with Crippen molar-refractivity contribution >= 4 is 31.1 Å². The van der Waals surface area contributed by atoms with Crippen molar-refractivity contribution in [3.05, 3.63) is 70.0 Å². The fourth-order valence-electron chi connectivity index (χ4n) is 2.78. The van der Waals surface area contributed by atoms with Gasteiger partial charge in [-0.2, -0.15) is 16.2 Å². The third-order valence-corrected chi connectivity index (χ3v) is 5.51. The van der Waals surface area contributed by atoms with E-state index in [2.05, 4.69) is 21.7 Å². The van der Waals surface area contributed by atoms with Gasteiger partial charge in [-0.05, 0) is 65.1 Å². The maximum absolute atomic E-state index is 12.8. The van der Waals surface area contributed by atoms with E-state index in [4.69, 9.17) is 14.4 Å². The Hall–Kier alpha value is -2.80. The lowest BCUT2D eigenvalue weighted by Gasteiger charge is -2.14. The summed E-state index contributed by atoms with van der Waals surface area (Å²) in [6, 6.07) is 10.4. The second kappa shape index (κ2) is 11.0. The van der Waals surface area contributed by atoms with E-state index in [0.29, 0.717) is 35.1 Å². The summed E-state index contributed by atoms with van der Waals surface area (Å²) in [5, 5.41) is 6.84. The van der Waals surface area contributed by atoms with Crippen LogP contribution in [0.3, 0.4) is 0 Å². The van der Waals surface area contributed by atoms with Crippen molar-refractivity contribution in [3.63, 3.8) is 0 Å². The molecular formula is C22H24N2O5PS+. The number of ether oxygens (including phenoxy) is 2. The molecule has 0 saturated heterocycles. The molecule has 3 rings (SSSR count). The minimum Gasteiger partial charge on any atom is -0.493 e. The Bertz CT molecular complexity index is 1020. The van der Waals surface area contributed by atoms with E-state index >= 15 is 0 Å². The fraction of sp³-hybridized carbons (Fsp3) is 0.273. The number of anilines is 1. The average molecular weight is 459 g/mol. The molecule has 0 radical (unpaired) electrons. The highest BCUT2D eigenvalue weighted by molar-refractivity contribution is 7.37. The maximum Gasteiger partial charge on any atom is 0.510 e. The number of nitrogens with one attached hydrogen (secondary N) is 1. The van der Waals surface area contributed by atoms with E-state index in [-0.39, 0.29) is 18.2 Å². The summed E-state index contributed by atoms with van der Waals surface area (Å²) in [6.07, 6.45) is 2.22. The first-order chi connectivity index (χ1) is 14.9. The van der Waals surface area contributed by atoms with Crippen LogP contribution < -0.4 is 14.8 Å². The molecule has 0 aliphatic rings. The molecular weight excluding hydrogens is 435 g/mol. The zero-order chi connectivity index (χ0) is 22.2. The van der Waals surface area contributed by atoms with E-state index in [9.17, 15) is 9.36 Å². The van der Waals surface area contributed by atoms with E-state index in [1.54, 1.807) is 41.7 Å². The first kappa shape index (κ1) is 22.9. The van der Waals surface area contributed by atoms with Gasteiger partial charge in [0, 0.05) is 29.8 Å². The Morgan fingerprint density at radius 3 is 2.65 bits per heavy atom. The minimum absolute atomic E-state index is 0.0250. The van der Waals surface area contributed by atoms with E-state index < -0.39 is 8.03 Å². The summed E-state index contributed by atoms with van der Waals surface area (Å²) in [4.78, 5) is 25.9. The van der Waals surface area contributed by atoms with Gasteiger partial charge in [0.05, 0.1) is 12.7 Å². The molecule has 0 saturated carbocycles. The van der Waals surface area contributed by atoms with Crippen LogP contribution in [-0.4, -0.2) is 28.5 Å². The molecule has 0 aliphatic carbocycles. The second-order valence-electron chi connectivity index (χ2n) is 7.11. The van der Waals surface area contributed by atoms with Gasteiger partial charge < -0.3 is 14.8 Å². The quantitative estimate of drug-likeness (QED) is 0.412. The normalized spacial score (nSPS) is 11.3. The van der Waals surface area contributed by atoms with E-state index in [0.717, 1.165) is 6.42 Å². The molecule has 2 N–H and O–H groups in total. The fourth-order valence-corrected chi connectivity index (χ4v) is 3.99. The Labute approximate surface area is 185 Å². The monoisotopic (exact) mass is 459 g/mol. The summed E-state index contributed by atoms with van der Waals surface area (Å²) in [7, 11) is -2.28. The summed E-state index contributed by atoms with van der Waals surface area (Å²) < 4.78 is 22.6. The predicted octanol–water partition coefficient (Wildman–Crippen LogP) is 5.04. The summed E-state index contributed by atoms with van der Waals surface area (Å²) >= 11 is 1.64. The molecule has 2 heterocycles. The van der Waals surface area contributed by atoms with Gasteiger partial charge in [-0.3, -0.25) is 4.79 Å². The lowest BCUT2D eigenvalue weighted by Crippen LogP contribution is -2.14. The first-order valence-electron chi connectivity index (χ1n) is 9.74. The van der Waals surface area contributed by atoms with Gasteiger partial charge in [0.25, 0.3) is 5.91 Å². The molecule has 7 nitrogen and oxygen atoms in total. The van der Waals surface area contributed by atoms with Crippen molar-refractivity contribution in [2.24, 2.45) is 0 Å². The molecule has 1 aromatic carbocycles. The molecule has 1 unspecified atom stereocenters. The Morgan fingerprint density at radius 1 is 1.19 bits per heavy atom. The number of rotatable bonds is 10. The molecule has 0 spiro atoms. The maximum atomic E-state index is 12.8. The molecule has 3 aromatic rings. The van der Waals surface area contributed by atoms with Crippen molar-refractivity contribution in [3.8, 4) is 11.5 Å². The van der Waals surface area contributed by atoms with Crippen LogP contribution in [0.25, 0.3) is 0 Å². The van der Waals surface area contributed by atoms with Gasteiger partial charge >= 0.3 is 8.03 Å². The summed E-state index contributed by atoms with van der Waals surface area (Å²) in [6.45, 7) is 4.31. The lowest BCUT2D eigenvalue weighted by molar-refractivity contribution is 0.102. The summed E-state index contributed by atoms with van der Waals surface area (Å²) in [5.74, 6) is 1.08. The smallest absolute Gasteiger partial charge is 0.493 e. The van der Waals surface area contributed by atoms with Gasteiger partial charge in [-0.25, -0.2) is 4.98 Å². The van der Waals surface area contributed by atoms with Crippen LogP contribution in [0.15, 0.2) is 53.4 Å². The van der Waals surface area contributed by atoms with Gasteiger partial charge in [0.2, 0.25) is 6.16 Å². The van der Waals surface area contributed by atoms with Crippen molar-refractivity contribution in [2.75, 3.05) is 11.9 Å². The highest BCUT2D eigenvalue weighted by Crippen LogP contribution is 2.25. The van der Waals surface area contributed by atoms with Crippen LogP contribution in [-0.2, 0) is 17.1 Å². The third-order valence-electron chi connectivity index (χ3n) is 4.14. The number of hydrogen-bond acceptors (Lipinski definition) is 6. The van der Waals surface area contributed by atoms with Crippen LogP contribution >= 0.6 is 19.4 Å². The van der Waals surface area contributed by atoms with E-state index in [1.165, 1.54) is 11.8 Å². The highest BCUT2D eigenvalue weighted by Gasteiger charge is 2.14. The SMILES string of the molecule is CC(C)Oc1cc(OCCc2ccsc2)cc(C(=O)Nc2ccc(C[P+](=O)O)cn2)c1. The van der Waals surface area contributed by atoms with Crippen LogP contribution in [0.5, 0.6) is 11.5 Å². The predicted molar refractivity (Wildman–Crippen MR) is 121 cm³/mol. The topological polar surface area (TPSA) is 97.8 Å². The Balaban J connectivity index is 1.71. The van der Waals surface area contributed by atoms with Crippen molar-refractivity contribution < 1.29 is 23.7 Å². The van der Waals surface area contributed by atoms with Gasteiger partial charge in [0.1, 0.15) is 17.3 Å². The van der Waals surface area contributed by atoms with Gasteiger partial charge in [-0.1, -0.05) is 0 Å². The van der Waals surface area contributed by atoms with Crippen molar-refractivity contribution in [1.82, 2.24) is 4.98 Å². The van der Waals surface area contributed by atoms with Crippen molar-refractivity contribution in [1.29, 1.82) is 0 Å². The largest absolute Gasteiger partial charge is 0.510 e. The number of nitrogens with zero attached hydrogens (tertiary/aromatic N) is 1. The Morgan fingerprint density at radius 2 is 2.00 bits per heavy atom. The van der Waals surface area contributed by atoms with Crippen LogP contribution in [0, 0.1) is 0 Å². The van der Waals surface area contributed by atoms with Crippen molar-refractivity contribution in [2.45, 2.75) is 32.5 Å². The molecule has 1 amide bonds. The molecule has 0 fully saturated rings. The first-order valence-corrected chi connectivity index (χ1v) is 12.1. The molecule has 0 bridgehead atoms. The van der Waals surface area contributed by atoms with E-state index in [1.807, 2.05) is 19.2 Å². The lowest BCUT2D eigenvalue weighted by atomic mass is 10.1. The highest BCUT2D eigenvalue weighted by atomic mass is 32.1. The third kappa shape index (κ3) is 7.43. The number of benzene rings is 1. The van der Waals surface area contributed by atoms with Crippen LogP contribution in [0.1, 0.15) is 35.3 Å². The number of amides is 1. The zero-order valence-corrected chi connectivity index (χ0v) is 19.0. The number of thiophene rings is 1. The molecule has 2 aromatic heterocycles.